The van der Waals surface area contributed by atoms with E-state index < -0.39 is 5.60 Å². The monoisotopic (exact) mass is 408 g/mol. The van der Waals surface area contributed by atoms with Crippen molar-refractivity contribution in [3.63, 3.8) is 0 Å². The standard InChI is InChI=1S/C26H24N4O/c31-26(14-5-2-6-15-26)16-11-20-9-10-21-13-18-30(23(21)19-20)24-12-17-27-25(29-24)28-22-7-3-1-4-8-22/h1,3-4,7-10,12-13,17-19,31H,2,5-6,14-15H2,(H,27,28,29). The zero-order valence-corrected chi connectivity index (χ0v) is 17.3. The summed E-state index contributed by atoms with van der Waals surface area (Å²) in [4.78, 5) is 9.03. The zero-order valence-electron chi connectivity index (χ0n) is 17.3. The van der Waals surface area contributed by atoms with Crippen LogP contribution in [0.2, 0.25) is 0 Å². The van der Waals surface area contributed by atoms with E-state index in [0.717, 1.165) is 53.7 Å². The summed E-state index contributed by atoms with van der Waals surface area (Å²) in [5.74, 6) is 7.65. The Bertz CT molecular complexity index is 1260. The van der Waals surface area contributed by atoms with E-state index in [1.165, 1.54) is 6.42 Å². The maximum atomic E-state index is 10.7. The van der Waals surface area contributed by atoms with E-state index in [2.05, 4.69) is 45.3 Å². The van der Waals surface area contributed by atoms with Crippen molar-refractivity contribution in [2.24, 2.45) is 0 Å². The summed E-state index contributed by atoms with van der Waals surface area (Å²) in [7, 11) is 0. The van der Waals surface area contributed by atoms with E-state index in [1.807, 2.05) is 53.2 Å². The van der Waals surface area contributed by atoms with Crippen LogP contribution in [-0.4, -0.2) is 25.2 Å². The van der Waals surface area contributed by atoms with Gasteiger partial charge in [-0.15, -0.1) is 0 Å². The smallest absolute Gasteiger partial charge is 0.229 e. The Morgan fingerprint density at radius 1 is 0.968 bits per heavy atom. The van der Waals surface area contributed by atoms with Gasteiger partial charge in [0.05, 0.1) is 5.52 Å². The van der Waals surface area contributed by atoms with Gasteiger partial charge in [0, 0.05) is 29.0 Å². The van der Waals surface area contributed by atoms with Crippen molar-refractivity contribution < 1.29 is 5.11 Å². The topological polar surface area (TPSA) is 63.0 Å². The summed E-state index contributed by atoms with van der Waals surface area (Å²) >= 11 is 0. The predicted octanol–water partition coefficient (Wildman–Crippen LogP) is 5.21. The first-order chi connectivity index (χ1) is 15.2. The fraction of sp³-hybridized carbons (Fsp3) is 0.231. The third-order valence-electron chi connectivity index (χ3n) is 5.73. The van der Waals surface area contributed by atoms with Crippen molar-refractivity contribution in [1.82, 2.24) is 14.5 Å². The van der Waals surface area contributed by atoms with E-state index in [4.69, 9.17) is 0 Å². The molecule has 2 aromatic heterocycles. The highest BCUT2D eigenvalue weighted by Crippen LogP contribution is 2.27. The number of nitrogens with zero attached hydrogens (tertiary/aromatic N) is 3. The largest absolute Gasteiger partial charge is 0.378 e. The lowest BCUT2D eigenvalue weighted by molar-refractivity contribution is 0.0610. The summed E-state index contributed by atoms with van der Waals surface area (Å²) in [5, 5.41) is 15.0. The van der Waals surface area contributed by atoms with Crippen molar-refractivity contribution >= 4 is 22.5 Å². The van der Waals surface area contributed by atoms with Crippen molar-refractivity contribution in [2.75, 3.05) is 5.32 Å². The lowest BCUT2D eigenvalue weighted by atomic mass is 9.85. The number of anilines is 2. The molecule has 154 valence electrons. The summed E-state index contributed by atoms with van der Waals surface area (Å²) in [6, 6.07) is 19.9. The fourth-order valence-corrected chi connectivity index (χ4v) is 4.05. The molecule has 5 heteroatoms. The molecule has 0 amide bonds. The van der Waals surface area contributed by atoms with Crippen LogP contribution in [0, 0.1) is 11.8 Å². The fourth-order valence-electron chi connectivity index (χ4n) is 4.05. The Balaban J connectivity index is 1.46. The van der Waals surface area contributed by atoms with E-state index in [1.54, 1.807) is 6.20 Å². The van der Waals surface area contributed by atoms with Crippen LogP contribution in [0.4, 0.5) is 11.6 Å². The predicted molar refractivity (Wildman–Crippen MR) is 124 cm³/mol. The molecule has 2 aromatic carbocycles. The normalized spacial score (nSPS) is 15.3. The van der Waals surface area contributed by atoms with E-state index >= 15 is 0 Å². The second-order valence-corrected chi connectivity index (χ2v) is 8.03. The second-order valence-electron chi connectivity index (χ2n) is 8.03. The maximum absolute atomic E-state index is 10.7. The molecule has 2 N–H and O–H groups in total. The van der Waals surface area contributed by atoms with Gasteiger partial charge in [-0.25, -0.2) is 4.98 Å². The molecule has 0 aliphatic heterocycles. The second kappa shape index (κ2) is 8.25. The molecule has 4 aromatic rings. The van der Waals surface area contributed by atoms with Gasteiger partial charge >= 0.3 is 0 Å². The molecule has 1 aliphatic carbocycles. The lowest BCUT2D eigenvalue weighted by Gasteiger charge is -2.26. The molecular weight excluding hydrogens is 384 g/mol. The van der Waals surface area contributed by atoms with Crippen molar-refractivity contribution in [3.05, 3.63) is 78.6 Å². The average Bonchev–Trinajstić information content (AvgIpc) is 3.23. The highest BCUT2D eigenvalue weighted by atomic mass is 16.3. The Morgan fingerprint density at radius 3 is 2.65 bits per heavy atom. The highest BCUT2D eigenvalue weighted by Gasteiger charge is 2.26. The van der Waals surface area contributed by atoms with Crippen LogP contribution in [-0.2, 0) is 0 Å². The van der Waals surface area contributed by atoms with Gasteiger partial charge in [-0.1, -0.05) is 42.5 Å². The number of nitrogens with one attached hydrogen (secondary N) is 1. The number of rotatable bonds is 3. The first-order valence-electron chi connectivity index (χ1n) is 10.7. The minimum absolute atomic E-state index is 0.543. The number of benzene rings is 2. The van der Waals surface area contributed by atoms with E-state index in [9.17, 15) is 5.11 Å². The van der Waals surface area contributed by atoms with Gasteiger partial charge < -0.3 is 15.0 Å². The summed E-state index contributed by atoms with van der Waals surface area (Å²) in [6.07, 6.45) is 8.55. The van der Waals surface area contributed by atoms with Gasteiger partial charge in [-0.05, 0) is 62.1 Å². The minimum Gasteiger partial charge on any atom is -0.378 e. The molecule has 0 saturated heterocycles. The molecule has 1 saturated carbocycles. The Hall–Kier alpha value is -3.62. The van der Waals surface area contributed by atoms with Crippen LogP contribution < -0.4 is 5.32 Å². The molecule has 0 bridgehead atoms. The maximum Gasteiger partial charge on any atom is 0.229 e. The molecule has 5 nitrogen and oxygen atoms in total. The van der Waals surface area contributed by atoms with Gasteiger partial charge in [-0.2, -0.15) is 4.98 Å². The van der Waals surface area contributed by atoms with Gasteiger partial charge in [0.1, 0.15) is 11.4 Å². The van der Waals surface area contributed by atoms with Gasteiger partial charge in [0.25, 0.3) is 0 Å². The number of hydrogen-bond donors (Lipinski definition) is 2. The molecule has 0 radical (unpaired) electrons. The molecule has 0 spiro atoms. The number of hydrogen-bond acceptors (Lipinski definition) is 4. The molecule has 0 atom stereocenters. The number of fused-ring (bicyclic) bond motifs is 1. The van der Waals surface area contributed by atoms with Gasteiger partial charge in [0.2, 0.25) is 5.95 Å². The molecule has 0 unspecified atom stereocenters. The quantitative estimate of drug-likeness (QED) is 0.457. The third kappa shape index (κ3) is 4.30. The minimum atomic E-state index is -0.847. The number of aromatic nitrogens is 3. The number of aliphatic hydroxyl groups is 1. The van der Waals surface area contributed by atoms with Crippen LogP contribution in [0.5, 0.6) is 0 Å². The van der Waals surface area contributed by atoms with Gasteiger partial charge in [0.15, 0.2) is 0 Å². The average molecular weight is 409 g/mol. The number of para-hydroxylation sites is 1. The summed E-state index contributed by atoms with van der Waals surface area (Å²) in [6.45, 7) is 0. The lowest BCUT2D eigenvalue weighted by Crippen LogP contribution is -2.29. The van der Waals surface area contributed by atoms with E-state index in [-0.39, 0.29) is 0 Å². The van der Waals surface area contributed by atoms with Crippen molar-refractivity contribution in [3.8, 4) is 17.7 Å². The van der Waals surface area contributed by atoms with Crippen LogP contribution >= 0.6 is 0 Å². The first-order valence-corrected chi connectivity index (χ1v) is 10.7. The van der Waals surface area contributed by atoms with Crippen LogP contribution in [0.1, 0.15) is 37.7 Å². The Kier molecular flexibility index (Phi) is 5.15. The first kappa shape index (κ1) is 19.3. The van der Waals surface area contributed by atoms with E-state index in [0.29, 0.717) is 5.95 Å². The molecule has 1 aliphatic rings. The van der Waals surface area contributed by atoms with Crippen LogP contribution in [0.3, 0.4) is 0 Å². The van der Waals surface area contributed by atoms with Crippen LogP contribution in [0.25, 0.3) is 16.7 Å². The molecule has 31 heavy (non-hydrogen) atoms. The zero-order chi connectivity index (χ0) is 21.1. The molecule has 2 heterocycles. The molecule has 5 rings (SSSR count). The van der Waals surface area contributed by atoms with Crippen LogP contribution in [0.15, 0.2) is 73.1 Å². The third-order valence-corrected chi connectivity index (χ3v) is 5.73. The Morgan fingerprint density at radius 2 is 1.81 bits per heavy atom. The SMILES string of the molecule is OC1(C#Cc2ccc3ccn(-c4ccnc(Nc5ccccc5)n4)c3c2)CCCCC1. The summed E-state index contributed by atoms with van der Waals surface area (Å²) in [5.41, 5.74) is 2.00. The van der Waals surface area contributed by atoms with Crippen molar-refractivity contribution in [2.45, 2.75) is 37.7 Å². The summed E-state index contributed by atoms with van der Waals surface area (Å²) < 4.78 is 2.04. The van der Waals surface area contributed by atoms with Crippen molar-refractivity contribution in [1.29, 1.82) is 0 Å². The Labute approximate surface area is 181 Å². The highest BCUT2D eigenvalue weighted by molar-refractivity contribution is 5.83. The molecule has 1 fully saturated rings. The molecular formula is C26H24N4O. The van der Waals surface area contributed by atoms with Gasteiger partial charge in [-0.3, -0.25) is 0 Å².